The zero-order valence-electron chi connectivity index (χ0n) is 11.3. The summed E-state index contributed by atoms with van der Waals surface area (Å²) in [5.74, 6) is 3.66. The number of benzene rings is 1. The summed E-state index contributed by atoms with van der Waals surface area (Å²) in [6.07, 6.45) is 0. The van der Waals surface area contributed by atoms with E-state index in [1.807, 2.05) is 17.8 Å². The zero-order valence-corrected chi connectivity index (χ0v) is 12.1. The smallest absolute Gasteiger partial charge is 0.134 e. The molecule has 1 aromatic heterocycles. The van der Waals surface area contributed by atoms with Gasteiger partial charge in [0.15, 0.2) is 0 Å². The Bertz CT molecular complexity index is 518. The zero-order chi connectivity index (χ0) is 13.1. The summed E-state index contributed by atoms with van der Waals surface area (Å²) in [5.41, 5.74) is 8.35. The van der Waals surface area contributed by atoms with Crippen LogP contribution in [-0.4, -0.2) is 11.5 Å². The minimum Gasteiger partial charge on any atom is -0.459 e. The fraction of sp³-hybridized carbons (Fsp3) is 0.467. The number of furan rings is 1. The van der Waals surface area contributed by atoms with Gasteiger partial charge >= 0.3 is 0 Å². The standard InChI is InChI=1S/C15H21NOS/c1-10(2)8-18-9-13(16)15-7-12-6-11(3)4-5-14(12)17-15/h4-7,10,13H,8-9,16H2,1-3H3. The summed E-state index contributed by atoms with van der Waals surface area (Å²) in [7, 11) is 0. The second kappa shape index (κ2) is 5.81. The van der Waals surface area contributed by atoms with Gasteiger partial charge in [-0.2, -0.15) is 11.8 Å². The average molecular weight is 263 g/mol. The van der Waals surface area contributed by atoms with Crippen LogP contribution >= 0.6 is 11.8 Å². The summed E-state index contributed by atoms with van der Waals surface area (Å²) >= 11 is 1.89. The lowest BCUT2D eigenvalue weighted by Gasteiger charge is -2.09. The summed E-state index contributed by atoms with van der Waals surface area (Å²) in [5, 5.41) is 1.15. The molecular weight excluding hydrogens is 242 g/mol. The van der Waals surface area contributed by atoms with E-state index in [-0.39, 0.29) is 6.04 Å². The monoisotopic (exact) mass is 263 g/mol. The first-order valence-corrected chi connectivity index (χ1v) is 7.55. The molecule has 0 saturated heterocycles. The van der Waals surface area contributed by atoms with Crippen molar-refractivity contribution < 1.29 is 4.42 Å². The number of nitrogens with two attached hydrogens (primary N) is 1. The third-order valence-electron chi connectivity index (χ3n) is 2.80. The molecule has 0 bridgehead atoms. The maximum Gasteiger partial charge on any atom is 0.134 e. The quantitative estimate of drug-likeness (QED) is 0.881. The molecule has 2 nitrogen and oxygen atoms in total. The van der Waals surface area contributed by atoms with Crippen LogP contribution in [0.4, 0.5) is 0 Å². The molecule has 2 rings (SSSR count). The maximum absolute atomic E-state index is 6.17. The maximum atomic E-state index is 6.17. The van der Waals surface area contributed by atoms with E-state index in [2.05, 4.69) is 39.0 Å². The first kappa shape index (κ1) is 13.5. The van der Waals surface area contributed by atoms with Crippen molar-refractivity contribution in [2.75, 3.05) is 11.5 Å². The van der Waals surface area contributed by atoms with Gasteiger partial charge in [0.2, 0.25) is 0 Å². The molecule has 1 heterocycles. The molecule has 0 fully saturated rings. The van der Waals surface area contributed by atoms with E-state index >= 15 is 0 Å². The van der Waals surface area contributed by atoms with E-state index in [1.54, 1.807) is 0 Å². The van der Waals surface area contributed by atoms with E-state index in [4.69, 9.17) is 10.2 Å². The second-order valence-electron chi connectivity index (χ2n) is 5.23. The number of rotatable bonds is 5. The lowest BCUT2D eigenvalue weighted by atomic mass is 10.2. The molecule has 3 heteroatoms. The molecule has 2 N–H and O–H groups in total. The molecule has 98 valence electrons. The Hall–Kier alpha value is -0.930. The van der Waals surface area contributed by atoms with E-state index in [1.165, 1.54) is 5.56 Å². The Morgan fingerprint density at radius 2 is 2.00 bits per heavy atom. The Morgan fingerprint density at radius 3 is 2.72 bits per heavy atom. The van der Waals surface area contributed by atoms with Crippen LogP contribution in [0.2, 0.25) is 0 Å². The van der Waals surface area contributed by atoms with Gasteiger partial charge in [0.1, 0.15) is 11.3 Å². The molecule has 0 amide bonds. The lowest BCUT2D eigenvalue weighted by molar-refractivity contribution is 0.516. The van der Waals surface area contributed by atoms with Gasteiger partial charge in [0.05, 0.1) is 6.04 Å². The van der Waals surface area contributed by atoms with Crippen LogP contribution in [0.5, 0.6) is 0 Å². The highest BCUT2D eigenvalue weighted by Gasteiger charge is 2.12. The van der Waals surface area contributed by atoms with Crippen LogP contribution in [0.3, 0.4) is 0 Å². The molecule has 18 heavy (non-hydrogen) atoms. The molecule has 1 aromatic carbocycles. The Kier molecular flexibility index (Phi) is 4.36. The largest absolute Gasteiger partial charge is 0.459 e. The number of hydrogen-bond acceptors (Lipinski definition) is 3. The van der Waals surface area contributed by atoms with Crippen LogP contribution in [-0.2, 0) is 0 Å². The molecular formula is C15H21NOS. The van der Waals surface area contributed by atoms with Crippen LogP contribution in [0.1, 0.15) is 31.2 Å². The van der Waals surface area contributed by atoms with Crippen molar-refractivity contribution in [3.05, 3.63) is 35.6 Å². The third kappa shape index (κ3) is 3.30. The van der Waals surface area contributed by atoms with Gasteiger partial charge in [-0.05, 0) is 36.8 Å². The van der Waals surface area contributed by atoms with Crippen molar-refractivity contribution >= 4 is 22.7 Å². The van der Waals surface area contributed by atoms with Crippen LogP contribution < -0.4 is 5.73 Å². The summed E-state index contributed by atoms with van der Waals surface area (Å²) < 4.78 is 5.80. The minimum absolute atomic E-state index is 0.0125. The van der Waals surface area contributed by atoms with Crippen molar-refractivity contribution in [1.82, 2.24) is 0 Å². The fourth-order valence-electron chi connectivity index (χ4n) is 1.88. The molecule has 0 radical (unpaired) electrons. The third-order valence-corrected chi connectivity index (χ3v) is 4.30. The highest BCUT2D eigenvalue weighted by atomic mass is 32.2. The fourth-order valence-corrected chi connectivity index (χ4v) is 2.90. The molecule has 1 unspecified atom stereocenters. The van der Waals surface area contributed by atoms with Gasteiger partial charge < -0.3 is 10.2 Å². The summed E-state index contributed by atoms with van der Waals surface area (Å²) in [4.78, 5) is 0. The van der Waals surface area contributed by atoms with Crippen molar-refractivity contribution in [3.8, 4) is 0 Å². The molecule has 0 spiro atoms. The lowest BCUT2D eigenvalue weighted by Crippen LogP contribution is -2.12. The molecule has 0 aliphatic carbocycles. The van der Waals surface area contributed by atoms with Crippen molar-refractivity contribution in [1.29, 1.82) is 0 Å². The SMILES string of the molecule is Cc1ccc2oc(C(N)CSCC(C)C)cc2c1. The number of fused-ring (bicyclic) bond motifs is 1. The first-order chi connectivity index (χ1) is 8.56. The van der Waals surface area contributed by atoms with Crippen molar-refractivity contribution in [2.24, 2.45) is 11.7 Å². The van der Waals surface area contributed by atoms with Gasteiger partial charge in [-0.1, -0.05) is 25.5 Å². The van der Waals surface area contributed by atoms with Gasteiger partial charge in [0.25, 0.3) is 0 Å². The molecule has 1 atom stereocenters. The predicted molar refractivity (Wildman–Crippen MR) is 80.0 cm³/mol. The Labute approximate surface area is 113 Å². The van der Waals surface area contributed by atoms with E-state index in [9.17, 15) is 0 Å². The number of hydrogen-bond donors (Lipinski definition) is 1. The first-order valence-electron chi connectivity index (χ1n) is 6.39. The van der Waals surface area contributed by atoms with Crippen molar-refractivity contribution in [3.63, 3.8) is 0 Å². The van der Waals surface area contributed by atoms with Crippen LogP contribution in [0, 0.1) is 12.8 Å². The Balaban J connectivity index is 2.06. The molecule has 0 aliphatic rings. The average Bonchev–Trinajstić information content (AvgIpc) is 2.71. The molecule has 2 aromatic rings. The highest BCUT2D eigenvalue weighted by molar-refractivity contribution is 7.99. The van der Waals surface area contributed by atoms with E-state index < -0.39 is 0 Å². The number of thioether (sulfide) groups is 1. The predicted octanol–water partition coefficient (Wildman–Crippen LogP) is 4.13. The van der Waals surface area contributed by atoms with Gasteiger partial charge in [-0.25, -0.2) is 0 Å². The van der Waals surface area contributed by atoms with Crippen molar-refractivity contribution in [2.45, 2.75) is 26.8 Å². The van der Waals surface area contributed by atoms with Gasteiger partial charge in [0, 0.05) is 11.1 Å². The summed E-state index contributed by atoms with van der Waals surface area (Å²) in [6.45, 7) is 6.54. The minimum atomic E-state index is -0.0125. The van der Waals surface area contributed by atoms with Gasteiger partial charge in [-0.15, -0.1) is 0 Å². The summed E-state index contributed by atoms with van der Waals surface area (Å²) in [6, 6.07) is 8.28. The van der Waals surface area contributed by atoms with Gasteiger partial charge in [-0.3, -0.25) is 0 Å². The molecule has 0 saturated carbocycles. The topological polar surface area (TPSA) is 39.2 Å². The normalized spacial score (nSPS) is 13.4. The second-order valence-corrected chi connectivity index (χ2v) is 6.30. The molecule has 0 aliphatic heterocycles. The van der Waals surface area contributed by atoms with Crippen LogP contribution in [0.15, 0.2) is 28.7 Å². The van der Waals surface area contributed by atoms with E-state index in [0.717, 1.165) is 28.2 Å². The van der Waals surface area contributed by atoms with Crippen LogP contribution in [0.25, 0.3) is 11.0 Å². The van der Waals surface area contributed by atoms with E-state index in [0.29, 0.717) is 5.92 Å². The highest BCUT2D eigenvalue weighted by Crippen LogP contribution is 2.26. The number of aryl methyl sites for hydroxylation is 1. The Morgan fingerprint density at radius 1 is 1.22 bits per heavy atom.